The van der Waals surface area contributed by atoms with Gasteiger partial charge >= 0.3 is 12.0 Å². The Morgan fingerprint density at radius 1 is 1.06 bits per heavy atom. The number of ether oxygens (including phenoxy) is 1. The van der Waals surface area contributed by atoms with Gasteiger partial charge in [0, 0.05) is 32.7 Å². The molecular formula is C12H24N2O4. The Balaban J connectivity index is 3.19. The molecule has 0 aliphatic carbocycles. The van der Waals surface area contributed by atoms with E-state index in [4.69, 9.17) is 9.84 Å². The number of unbranched alkanes of at least 4 members (excludes halogenated alkanes) is 2. The van der Waals surface area contributed by atoms with Crippen molar-refractivity contribution >= 4 is 12.0 Å². The van der Waals surface area contributed by atoms with E-state index in [0.717, 1.165) is 19.3 Å². The standard InChI is InChI=1S/C12H24N2O4/c1-2-18-10-6-9-14-12(17)13-8-5-3-4-7-11(15)16/h2-10H2,1H3,(H,15,16)(H2,13,14,17). The second kappa shape index (κ2) is 12.2. The molecule has 6 nitrogen and oxygen atoms in total. The lowest BCUT2D eigenvalue weighted by Gasteiger charge is -2.07. The molecule has 3 N–H and O–H groups in total. The number of hydrogen-bond acceptors (Lipinski definition) is 3. The first-order valence-corrected chi connectivity index (χ1v) is 6.48. The molecule has 0 bridgehead atoms. The number of aliphatic carboxylic acids is 1. The van der Waals surface area contributed by atoms with Crippen molar-refractivity contribution in [3.05, 3.63) is 0 Å². The summed E-state index contributed by atoms with van der Waals surface area (Å²) in [6.45, 7) is 4.47. The summed E-state index contributed by atoms with van der Waals surface area (Å²) in [4.78, 5) is 21.5. The summed E-state index contributed by atoms with van der Waals surface area (Å²) in [6, 6.07) is -0.176. The van der Waals surface area contributed by atoms with Crippen molar-refractivity contribution in [2.75, 3.05) is 26.3 Å². The number of rotatable bonds is 11. The zero-order chi connectivity index (χ0) is 13.6. The van der Waals surface area contributed by atoms with Crippen molar-refractivity contribution in [2.45, 2.75) is 39.0 Å². The van der Waals surface area contributed by atoms with Crippen molar-refractivity contribution in [2.24, 2.45) is 0 Å². The maximum absolute atomic E-state index is 11.3. The van der Waals surface area contributed by atoms with Gasteiger partial charge in [-0.1, -0.05) is 6.42 Å². The maximum Gasteiger partial charge on any atom is 0.314 e. The molecule has 0 spiro atoms. The van der Waals surface area contributed by atoms with E-state index < -0.39 is 5.97 Å². The summed E-state index contributed by atoms with van der Waals surface area (Å²) < 4.78 is 5.14. The molecule has 6 heteroatoms. The number of hydrogen-bond donors (Lipinski definition) is 3. The van der Waals surface area contributed by atoms with Gasteiger partial charge < -0.3 is 20.5 Å². The number of carboxylic acid groups (broad SMARTS) is 1. The lowest BCUT2D eigenvalue weighted by molar-refractivity contribution is -0.137. The monoisotopic (exact) mass is 260 g/mol. The Kier molecular flexibility index (Phi) is 11.3. The third-order valence-electron chi connectivity index (χ3n) is 2.31. The Morgan fingerprint density at radius 3 is 2.33 bits per heavy atom. The normalized spacial score (nSPS) is 10.1. The van der Waals surface area contributed by atoms with Crippen LogP contribution in [0.5, 0.6) is 0 Å². The number of amides is 2. The van der Waals surface area contributed by atoms with Crippen LogP contribution in [0.15, 0.2) is 0 Å². The van der Waals surface area contributed by atoms with Gasteiger partial charge in [-0.3, -0.25) is 4.79 Å². The van der Waals surface area contributed by atoms with Crippen LogP contribution in [0.1, 0.15) is 39.0 Å². The average Bonchev–Trinajstić information content (AvgIpc) is 2.33. The molecule has 0 radical (unpaired) electrons. The molecule has 0 aliphatic heterocycles. The summed E-state index contributed by atoms with van der Waals surface area (Å²) in [6.07, 6.45) is 3.28. The van der Waals surface area contributed by atoms with Crippen molar-refractivity contribution in [1.29, 1.82) is 0 Å². The van der Waals surface area contributed by atoms with Crippen LogP contribution >= 0.6 is 0 Å². The SMILES string of the molecule is CCOCCCNC(=O)NCCCCCC(=O)O. The highest BCUT2D eigenvalue weighted by atomic mass is 16.5. The molecule has 2 amide bonds. The van der Waals surface area contributed by atoms with E-state index in [1.807, 2.05) is 6.92 Å². The summed E-state index contributed by atoms with van der Waals surface area (Å²) in [5, 5.41) is 13.9. The first-order valence-electron chi connectivity index (χ1n) is 6.48. The smallest absolute Gasteiger partial charge is 0.314 e. The van der Waals surface area contributed by atoms with Crippen LogP contribution in [0.4, 0.5) is 4.79 Å². The molecule has 18 heavy (non-hydrogen) atoms. The summed E-state index contributed by atoms with van der Waals surface area (Å²) in [5.74, 6) is -0.769. The lowest BCUT2D eigenvalue weighted by atomic mass is 10.2. The first-order chi connectivity index (χ1) is 8.66. The van der Waals surface area contributed by atoms with Crippen LogP contribution in [0, 0.1) is 0 Å². The number of nitrogens with one attached hydrogen (secondary N) is 2. The van der Waals surface area contributed by atoms with Gasteiger partial charge in [-0.15, -0.1) is 0 Å². The number of urea groups is 1. The van der Waals surface area contributed by atoms with Crippen LogP contribution < -0.4 is 10.6 Å². The van der Waals surface area contributed by atoms with E-state index in [1.54, 1.807) is 0 Å². The highest BCUT2D eigenvalue weighted by molar-refractivity contribution is 5.73. The largest absolute Gasteiger partial charge is 0.481 e. The van der Waals surface area contributed by atoms with E-state index in [0.29, 0.717) is 32.7 Å². The predicted octanol–water partition coefficient (Wildman–Crippen LogP) is 1.36. The van der Waals surface area contributed by atoms with Gasteiger partial charge in [0.1, 0.15) is 0 Å². The number of carbonyl (C=O) groups is 2. The zero-order valence-electron chi connectivity index (χ0n) is 11.0. The second-order valence-electron chi connectivity index (χ2n) is 3.94. The third-order valence-corrected chi connectivity index (χ3v) is 2.31. The molecule has 0 unspecified atom stereocenters. The van der Waals surface area contributed by atoms with Gasteiger partial charge in [0.05, 0.1) is 0 Å². The van der Waals surface area contributed by atoms with E-state index >= 15 is 0 Å². The minimum Gasteiger partial charge on any atom is -0.481 e. The topological polar surface area (TPSA) is 87.7 Å². The van der Waals surface area contributed by atoms with Crippen LogP contribution in [-0.4, -0.2) is 43.4 Å². The van der Waals surface area contributed by atoms with Gasteiger partial charge in [0.2, 0.25) is 0 Å². The Bertz CT molecular complexity index is 234. The Hall–Kier alpha value is -1.30. The minimum atomic E-state index is -0.769. The van der Waals surface area contributed by atoms with Gasteiger partial charge in [-0.25, -0.2) is 4.79 Å². The predicted molar refractivity (Wildman–Crippen MR) is 68.6 cm³/mol. The second-order valence-corrected chi connectivity index (χ2v) is 3.94. The Labute approximate surface area is 108 Å². The Morgan fingerprint density at radius 2 is 1.72 bits per heavy atom. The van der Waals surface area contributed by atoms with Crippen molar-refractivity contribution in [1.82, 2.24) is 10.6 Å². The van der Waals surface area contributed by atoms with Gasteiger partial charge in [-0.05, 0) is 26.2 Å². The fourth-order valence-corrected chi connectivity index (χ4v) is 1.36. The highest BCUT2D eigenvalue weighted by Gasteiger charge is 1.99. The first kappa shape index (κ1) is 16.7. The molecular weight excluding hydrogens is 236 g/mol. The molecule has 0 rings (SSSR count). The van der Waals surface area contributed by atoms with Crippen LogP contribution in [-0.2, 0) is 9.53 Å². The zero-order valence-corrected chi connectivity index (χ0v) is 11.0. The molecule has 0 atom stereocenters. The molecule has 0 fully saturated rings. The van der Waals surface area contributed by atoms with Crippen LogP contribution in [0.25, 0.3) is 0 Å². The highest BCUT2D eigenvalue weighted by Crippen LogP contribution is 1.98. The van der Waals surface area contributed by atoms with Crippen molar-refractivity contribution in [3.63, 3.8) is 0 Å². The maximum atomic E-state index is 11.3. The number of carboxylic acids is 1. The molecule has 0 aliphatic rings. The minimum absolute atomic E-state index is 0.176. The molecule has 106 valence electrons. The van der Waals surface area contributed by atoms with Crippen molar-refractivity contribution in [3.8, 4) is 0 Å². The summed E-state index contributed by atoms with van der Waals surface area (Å²) in [7, 11) is 0. The molecule has 0 saturated carbocycles. The van der Waals surface area contributed by atoms with E-state index in [2.05, 4.69) is 10.6 Å². The van der Waals surface area contributed by atoms with Gasteiger partial charge in [0.15, 0.2) is 0 Å². The molecule has 0 saturated heterocycles. The average molecular weight is 260 g/mol. The lowest BCUT2D eigenvalue weighted by Crippen LogP contribution is -2.36. The number of carbonyl (C=O) groups excluding carboxylic acids is 1. The van der Waals surface area contributed by atoms with E-state index in [-0.39, 0.29) is 12.5 Å². The van der Waals surface area contributed by atoms with E-state index in [9.17, 15) is 9.59 Å². The van der Waals surface area contributed by atoms with Crippen LogP contribution in [0.3, 0.4) is 0 Å². The van der Waals surface area contributed by atoms with Gasteiger partial charge in [0.25, 0.3) is 0 Å². The fraction of sp³-hybridized carbons (Fsp3) is 0.833. The van der Waals surface area contributed by atoms with E-state index in [1.165, 1.54) is 0 Å². The summed E-state index contributed by atoms with van der Waals surface area (Å²) in [5.41, 5.74) is 0. The molecule has 0 heterocycles. The van der Waals surface area contributed by atoms with Gasteiger partial charge in [-0.2, -0.15) is 0 Å². The molecule has 0 aromatic heterocycles. The quantitative estimate of drug-likeness (QED) is 0.489. The molecule has 0 aromatic carbocycles. The summed E-state index contributed by atoms with van der Waals surface area (Å²) >= 11 is 0. The van der Waals surface area contributed by atoms with Crippen LogP contribution in [0.2, 0.25) is 0 Å². The van der Waals surface area contributed by atoms with Crippen molar-refractivity contribution < 1.29 is 19.4 Å². The third kappa shape index (κ3) is 12.8. The fourth-order valence-electron chi connectivity index (χ4n) is 1.36. The molecule has 0 aromatic rings.